The Labute approximate surface area is 190 Å². The van der Waals surface area contributed by atoms with Gasteiger partial charge in [0, 0.05) is 36.2 Å². The summed E-state index contributed by atoms with van der Waals surface area (Å²) in [5.74, 6) is -1.33. The van der Waals surface area contributed by atoms with Crippen molar-refractivity contribution in [2.75, 3.05) is 11.9 Å². The highest BCUT2D eigenvalue weighted by Gasteiger charge is 2.40. The lowest BCUT2D eigenvalue weighted by Gasteiger charge is -2.29. The maximum Gasteiger partial charge on any atom is 0.255 e. The molecule has 9 nitrogen and oxygen atoms in total. The first-order valence-electron chi connectivity index (χ1n) is 11.0. The van der Waals surface area contributed by atoms with Crippen molar-refractivity contribution in [3.8, 4) is 0 Å². The summed E-state index contributed by atoms with van der Waals surface area (Å²) >= 11 is 0. The van der Waals surface area contributed by atoms with Crippen LogP contribution in [-0.4, -0.2) is 52.3 Å². The van der Waals surface area contributed by atoms with Crippen LogP contribution < -0.4 is 16.0 Å². The average molecular weight is 448 g/mol. The number of amides is 4. The number of nitrogens with one attached hydrogen (secondary N) is 3. The van der Waals surface area contributed by atoms with E-state index in [2.05, 4.69) is 16.0 Å². The molecular formula is C24H24N4O5. The number of piperidine rings is 1. The largest absolute Gasteiger partial charge is 0.390 e. The second-order valence-electron chi connectivity index (χ2n) is 8.60. The van der Waals surface area contributed by atoms with Crippen LogP contribution in [0.1, 0.15) is 45.9 Å². The highest BCUT2D eigenvalue weighted by molar-refractivity contribution is 6.06. The Hall–Kier alpha value is -3.72. The molecule has 0 saturated carbocycles. The van der Waals surface area contributed by atoms with Crippen molar-refractivity contribution >= 4 is 29.3 Å². The predicted molar refractivity (Wildman–Crippen MR) is 118 cm³/mol. The molecule has 33 heavy (non-hydrogen) atoms. The van der Waals surface area contributed by atoms with E-state index in [1.807, 2.05) is 24.3 Å². The van der Waals surface area contributed by atoms with E-state index < -0.39 is 24.1 Å². The molecule has 4 N–H and O–H groups in total. The Morgan fingerprint density at radius 3 is 2.76 bits per heavy atom. The average Bonchev–Trinajstić information content (AvgIpc) is 3.29. The molecule has 0 radical (unpaired) electrons. The number of rotatable bonds is 5. The van der Waals surface area contributed by atoms with E-state index in [1.54, 1.807) is 18.2 Å². The van der Waals surface area contributed by atoms with E-state index >= 15 is 0 Å². The third kappa shape index (κ3) is 3.84. The number of carbonyl (C=O) groups is 4. The fourth-order valence-corrected chi connectivity index (χ4v) is 4.90. The van der Waals surface area contributed by atoms with Gasteiger partial charge >= 0.3 is 0 Å². The quantitative estimate of drug-likeness (QED) is 0.497. The molecule has 0 spiro atoms. The predicted octanol–water partition coefficient (Wildman–Crippen LogP) is 0.634. The van der Waals surface area contributed by atoms with Crippen LogP contribution in [0.5, 0.6) is 0 Å². The summed E-state index contributed by atoms with van der Waals surface area (Å²) in [5, 5.41) is 18.6. The van der Waals surface area contributed by atoms with Crippen molar-refractivity contribution in [2.45, 2.75) is 44.0 Å². The van der Waals surface area contributed by atoms with Crippen molar-refractivity contribution in [1.82, 2.24) is 15.5 Å². The van der Waals surface area contributed by atoms with Crippen molar-refractivity contribution in [3.63, 3.8) is 0 Å². The van der Waals surface area contributed by atoms with Crippen LogP contribution in [0.3, 0.4) is 0 Å². The lowest BCUT2D eigenvalue weighted by Crippen LogP contribution is -2.52. The molecule has 1 saturated heterocycles. The first-order valence-corrected chi connectivity index (χ1v) is 11.0. The molecule has 1 fully saturated rings. The number of benzene rings is 2. The van der Waals surface area contributed by atoms with Crippen molar-refractivity contribution < 1.29 is 24.3 Å². The molecule has 5 rings (SSSR count). The van der Waals surface area contributed by atoms with Gasteiger partial charge in [0.05, 0.1) is 18.7 Å². The molecule has 1 unspecified atom stereocenters. The van der Waals surface area contributed by atoms with Crippen molar-refractivity contribution in [1.29, 1.82) is 0 Å². The summed E-state index contributed by atoms with van der Waals surface area (Å²) in [4.78, 5) is 50.7. The van der Waals surface area contributed by atoms with Crippen LogP contribution in [0, 0.1) is 0 Å². The third-order valence-corrected chi connectivity index (χ3v) is 6.54. The van der Waals surface area contributed by atoms with Crippen LogP contribution in [0.4, 0.5) is 5.69 Å². The van der Waals surface area contributed by atoms with E-state index in [-0.39, 0.29) is 37.2 Å². The topological polar surface area (TPSA) is 128 Å². The standard InChI is InChI=1S/C24H24N4O5/c29-19-10-13-4-1-2-5-14(13)22(19)26-21(31)11-25-17-7-3-6-15-16(17)12-28(24(15)33)18-8-9-20(30)27-23(18)32/h1-7,18-19,22,25,29H,8-12H2,(H,26,31)(H,27,30,32)/t18?,19-,22+/m1/s1. The number of aliphatic hydroxyl groups is 1. The van der Waals surface area contributed by atoms with Crippen LogP contribution in [-0.2, 0) is 27.3 Å². The number of hydrogen-bond donors (Lipinski definition) is 4. The fraction of sp³-hybridized carbons (Fsp3) is 0.333. The number of hydrogen-bond acceptors (Lipinski definition) is 6. The van der Waals surface area contributed by atoms with Gasteiger partial charge in [-0.25, -0.2) is 0 Å². The number of fused-ring (bicyclic) bond motifs is 2. The maximum absolute atomic E-state index is 12.9. The van der Waals surface area contributed by atoms with E-state index in [1.165, 1.54) is 4.90 Å². The molecule has 2 aromatic rings. The molecule has 1 aliphatic carbocycles. The molecule has 0 aromatic heterocycles. The molecule has 3 atom stereocenters. The van der Waals surface area contributed by atoms with Gasteiger partial charge < -0.3 is 20.6 Å². The molecule has 2 aliphatic heterocycles. The van der Waals surface area contributed by atoms with E-state index in [4.69, 9.17) is 0 Å². The Balaban J connectivity index is 1.26. The molecule has 2 aromatic carbocycles. The summed E-state index contributed by atoms with van der Waals surface area (Å²) in [6, 6.07) is 11.7. The highest BCUT2D eigenvalue weighted by Crippen LogP contribution is 2.33. The van der Waals surface area contributed by atoms with Crippen LogP contribution in [0.2, 0.25) is 0 Å². The zero-order valence-electron chi connectivity index (χ0n) is 17.8. The summed E-state index contributed by atoms with van der Waals surface area (Å²) in [6.45, 7) is 0.189. The molecule has 2 heterocycles. The summed E-state index contributed by atoms with van der Waals surface area (Å²) in [5.41, 5.74) is 3.77. The summed E-state index contributed by atoms with van der Waals surface area (Å²) in [7, 11) is 0. The molecule has 4 amide bonds. The molecule has 3 aliphatic rings. The molecule has 0 bridgehead atoms. The minimum atomic E-state index is -0.692. The van der Waals surface area contributed by atoms with Gasteiger partial charge in [-0.15, -0.1) is 0 Å². The molecule has 170 valence electrons. The highest BCUT2D eigenvalue weighted by atomic mass is 16.3. The van der Waals surface area contributed by atoms with Gasteiger partial charge in [-0.05, 0) is 29.7 Å². The lowest BCUT2D eigenvalue weighted by molar-refractivity contribution is -0.137. The van der Waals surface area contributed by atoms with E-state index in [9.17, 15) is 24.3 Å². The molecular weight excluding hydrogens is 424 g/mol. The van der Waals surface area contributed by atoms with Gasteiger partial charge in [-0.1, -0.05) is 30.3 Å². The first-order chi connectivity index (χ1) is 15.9. The number of anilines is 1. The van der Waals surface area contributed by atoms with Crippen molar-refractivity contribution in [2.24, 2.45) is 0 Å². The lowest BCUT2D eigenvalue weighted by atomic mass is 10.0. The van der Waals surface area contributed by atoms with Gasteiger partial charge in [0.1, 0.15) is 6.04 Å². The smallest absolute Gasteiger partial charge is 0.255 e. The number of nitrogens with zero attached hydrogens (tertiary/aromatic N) is 1. The minimum Gasteiger partial charge on any atom is -0.390 e. The second kappa shape index (κ2) is 8.32. The third-order valence-electron chi connectivity index (χ3n) is 6.54. The fourth-order valence-electron chi connectivity index (χ4n) is 4.90. The SMILES string of the molecule is O=C1CCC(N2Cc3c(NCC(=O)N[C@H]4c5ccccc5C[C@H]4O)cccc3C2=O)C(=O)N1. The van der Waals surface area contributed by atoms with E-state index in [0.717, 1.165) is 11.1 Å². The Bertz CT molecular complexity index is 1160. The van der Waals surface area contributed by atoms with Crippen molar-refractivity contribution in [3.05, 3.63) is 64.7 Å². The first kappa shape index (κ1) is 21.1. The zero-order chi connectivity index (χ0) is 23.1. The summed E-state index contributed by atoms with van der Waals surface area (Å²) in [6.07, 6.45) is 0.310. The van der Waals surface area contributed by atoms with Gasteiger partial charge in [0.2, 0.25) is 17.7 Å². The molecule has 9 heteroatoms. The van der Waals surface area contributed by atoms with Crippen LogP contribution in [0.25, 0.3) is 0 Å². The maximum atomic E-state index is 12.9. The van der Waals surface area contributed by atoms with Gasteiger partial charge in [0.15, 0.2) is 0 Å². The Kier molecular flexibility index (Phi) is 5.33. The normalized spacial score (nSPS) is 23.7. The Morgan fingerprint density at radius 1 is 1.12 bits per heavy atom. The second-order valence-corrected chi connectivity index (χ2v) is 8.60. The number of imide groups is 1. The summed E-state index contributed by atoms with van der Waals surface area (Å²) < 4.78 is 0. The van der Waals surface area contributed by atoms with Gasteiger partial charge in [-0.3, -0.25) is 24.5 Å². The number of aliphatic hydroxyl groups excluding tert-OH is 1. The Morgan fingerprint density at radius 2 is 1.94 bits per heavy atom. The minimum absolute atomic E-state index is 0.0333. The van der Waals surface area contributed by atoms with E-state index in [0.29, 0.717) is 29.7 Å². The van der Waals surface area contributed by atoms with Crippen LogP contribution >= 0.6 is 0 Å². The number of carbonyl (C=O) groups excluding carboxylic acids is 4. The van der Waals surface area contributed by atoms with Gasteiger partial charge in [-0.2, -0.15) is 0 Å². The van der Waals surface area contributed by atoms with Gasteiger partial charge in [0.25, 0.3) is 5.91 Å². The van der Waals surface area contributed by atoms with Crippen LogP contribution in [0.15, 0.2) is 42.5 Å². The zero-order valence-corrected chi connectivity index (χ0v) is 17.8. The monoisotopic (exact) mass is 448 g/mol.